The molecule has 3 aromatic carbocycles. The van der Waals surface area contributed by atoms with Gasteiger partial charge < -0.3 is 19.9 Å². The summed E-state index contributed by atoms with van der Waals surface area (Å²) in [6.45, 7) is 1.79. The lowest BCUT2D eigenvalue weighted by atomic mass is 10.0. The maximum atomic E-state index is 12.8. The number of ether oxygens (including phenoxy) is 2. The highest BCUT2D eigenvalue weighted by Gasteiger charge is 2.16. The average molecular weight is 417 g/mol. The van der Waals surface area contributed by atoms with Gasteiger partial charge in [0.05, 0.1) is 12.2 Å². The number of phenolic OH excluding ortho intramolecular Hbond substituents is 1. The van der Waals surface area contributed by atoms with Crippen molar-refractivity contribution in [3.63, 3.8) is 0 Å². The second kappa shape index (κ2) is 10.6. The lowest BCUT2D eigenvalue weighted by Gasteiger charge is -2.11. The summed E-state index contributed by atoms with van der Waals surface area (Å²) in [5.74, 6) is -0.740. The Balaban J connectivity index is 1.79. The molecular weight excluding hydrogens is 394 g/mol. The van der Waals surface area contributed by atoms with Crippen molar-refractivity contribution in [3.05, 3.63) is 90.0 Å². The number of carbonyl (C=O) groups excluding carboxylic acids is 2. The predicted molar refractivity (Wildman–Crippen MR) is 120 cm³/mol. The first-order chi connectivity index (χ1) is 15.1. The van der Waals surface area contributed by atoms with Crippen LogP contribution in [0.1, 0.15) is 18.1 Å². The van der Waals surface area contributed by atoms with E-state index in [1.54, 1.807) is 66.7 Å². The van der Waals surface area contributed by atoms with Gasteiger partial charge in [-0.2, -0.15) is 0 Å². The van der Waals surface area contributed by atoms with E-state index in [0.29, 0.717) is 29.2 Å². The van der Waals surface area contributed by atoms with Crippen molar-refractivity contribution in [2.45, 2.75) is 6.92 Å². The summed E-state index contributed by atoms with van der Waals surface area (Å²) < 4.78 is 10.7. The predicted octanol–water partition coefficient (Wildman–Crippen LogP) is 4.51. The third-order valence-electron chi connectivity index (χ3n) is 4.29. The maximum Gasteiger partial charge on any atom is 0.339 e. The van der Waals surface area contributed by atoms with Crippen LogP contribution in [0.25, 0.3) is 11.6 Å². The summed E-state index contributed by atoms with van der Waals surface area (Å²) in [6.07, 6.45) is 1.63. The molecule has 0 aliphatic carbocycles. The molecule has 0 aliphatic rings. The summed E-state index contributed by atoms with van der Waals surface area (Å²) in [5, 5.41) is 12.6. The van der Waals surface area contributed by atoms with Crippen LogP contribution in [0, 0.1) is 0 Å². The Labute approximate surface area is 180 Å². The number of anilines is 1. The summed E-state index contributed by atoms with van der Waals surface area (Å²) in [7, 11) is 0. The Kier molecular flexibility index (Phi) is 7.43. The van der Waals surface area contributed by atoms with E-state index < -0.39 is 18.5 Å². The van der Waals surface area contributed by atoms with Crippen molar-refractivity contribution in [1.82, 2.24) is 0 Å². The fourth-order valence-electron chi connectivity index (χ4n) is 2.86. The summed E-state index contributed by atoms with van der Waals surface area (Å²) in [4.78, 5) is 25.0. The third-order valence-corrected chi connectivity index (χ3v) is 4.29. The largest absolute Gasteiger partial charge is 0.504 e. The van der Waals surface area contributed by atoms with E-state index in [0.717, 1.165) is 0 Å². The van der Waals surface area contributed by atoms with E-state index >= 15 is 0 Å². The van der Waals surface area contributed by atoms with E-state index in [4.69, 9.17) is 9.47 Å². The summed E-state index contributed by atoms with van der Waals surface area (Å²) in [5.41, 5.74) is 2.18. The zero-order valence-corrected chi connectivity index (χ0v) is 17.1. The van der Waals surface area contributed by atoms with Crippen LogP contribution in [0.5, 0.6) is 11.5 Å². The highest BCUT2D eigenvalue weighted by atomic mass is 16.5. The van der Waals surface area contributed by atoms with Crippen molar-refractivity contribution in [2.75, 3.05) is 18.5 Å². The Morgan fingerprint density at radius 3 is 2.32 bits per heavy atom. The molecule has 0 spiro atoms. The number of carbonyl (C=O) groups is 2. The maximum absolute atomic E-state index is 12.8. The summed E-state index contributed by atoms with van der Waals surface area (Å²) in [6, 6.07) is 22.7. The Bertz CT molecular complexity index is 1060. The zero-order valence-electron chi connectivity index (χ0n) is 17.1. The van der Waals surface area contributed by atoms with Crippen LogP contribution in [0.15, 0.2) is 78.9 Å². The molecule has 158 valence electrons. The van der Waals surface area contributed by atoms with Crippen molar-refractivity contribution in [3.8, 4) is 11.5 Å². The number of benzene rings is 3. The van der Waals surface area contributed by atoms with Gasteiger partial charge in [0.15, 0.2) is 18.1 Å². The van der Waals surface area contributed by atoms with Gasteiger partial charge in [-0.05, 0) is 48.4 Å². The molecule has 2 N–H and O–H groups in total. The van der Waals surface area contributed by atoms with Gasteiger partial charge in [0.2, 0.25) is 0 Å². The third kappa shape index (κ3) is 6.21. The van der Waals surface area contributed by atoms with E-state index in [9.17, 15) is 14.7 Å². The normalized spacial score (nSPS) is 10.9. The van der Waals surface area contributed by atoms with E-state index in [1.165, 1.54) is 6.07 Å². The zero-order chi connectivity index (χ0) is 22.1. The molecule has 1 amide bonds. The van der Waals surface area contributed by atoms with Crippen molar-refractivity contribution < 1.29 is 24.2 Å². The topological polar surface area (TPSA) is 84.9 Å². The molecule has 3 rings (SSSR count). The van der Waals surface area contributed by atoms with Crippen LogP contribution in [0.4, 0.5) is 5.69 Å². The van der Waals surface area contributed by atoms with Gasteiger partial charge in [-0.3, -0.25) is 4.79 Å². The van der Waals surface area contributed by atoms with Crippen LogP contribution in [-0.2, 0) is 14.3 Å². The quantitative estimate of drug-likeness (QED) is 0.320. The van der Waals surface area contributed by atoms with Crippen LogP contribution in [-0.4, -0.2) is 30.2 Å². The number of hydrogen-bond donors (Lipinski definition) is 2. The van der Waals surface area contributed by atoms with Crippen LogP contribution >= 0.6 is 0 Å². The first kappa shape index (κ1) is 21.6. The first-order valence-corrected chi connectivity index (χ1v) is 9.81. The van der Waals surface area contributed by atoms with Gasteiger partial charge in [0, 0.05) is 5.69 Å². The van der Waals surface area contributed by atoms with E-state index in [1.807, 2.05) is 19.1 Å². The number of nitrogens with one attached hydrogen (secondary N) is 1. The number of aromatic hydroxyl groups is 1. The molecule has 0 unspecified atom stereocenters. The average Bonchev–Trinajstić information content (AvgIpc) is 2.79. The number of para-hydroxylation sites is 1. The molecule has 0 heterocycles. The molecule has 3 aromatic rings. The molecule has 6 heteroatoms. The lowest BCUT2D eigenvalue weighted by molar-refractivity contribution is -0.141. The van der Waals surface area contributed by atoms with Crippen LogP contribution < -0.4 is 10.1 Å². The minimum absolute atomic E-state index is 0.0143. The Hall–Kier alpha value is -4.06. The minimum Gasteiger partial charge on any atom is -0.504 e. The second-order valence-corrected chi connectivity index (χ2v) is 6.57. The van der Waals surface area contributed by atoms with Gasteiger partial charge in [0.1, 0.15) is 0 Å². The fourth-order valence-corrected chi connectivity index (χ4v) is 2.86. The molecule has 0 atom stereocenters. The molecule has 0 saturated heterocycles. The van der Waals surface area contributed by atoms with Crippen molar-refractivity contribution >= 4 is 29.2 Å². The molecule has 0 aliphatic heterocycles. The molecule has 0 saturated carbocycles. The molecule has 6 nitrogen and oxygen atoms in total. The van der Waals surface area contributed by atoms with Gasteiger partial charge >= 0.3 is 5.97 Å². The fraction of sp³-hybridized carbons (Fsp3) is 0.120. The van der Waals surface area contributed by atoms with Gasteiger partial charge in [-0.1, -0.05) is 54.6 Å². The molecule has 0 radical (unpaired) electrons. The molecule has 0 aromatic heterocycles. The van der Waals surface area contributed by atoms with Crippen LogP contribution in [0.3, 0.4) is 0 Å². The van der Waals surface area contributed by atoms with Gasteiger partial charge in [-0.15, -0.1) is 0 Å². The van der Waals surface area contributed by atoms with Gasteiger partial charge in [0.25, 0.3) is 5.91 Å². The number of rotatable bonds is 8. The van der Waals surface area contributed by atoms with Crippen molar-refractivity contribution in [2.24, 2.45) is 0 Å². The minimum atomic E-state index is -0.638. The highest BCUT2D eigenvalue weighted by molar-refractivity contribution is 6.22. The highest BCUT2D eigenvalue weighted by Crippen LogP contribution is 2.29. The van der Waals surface area contributed by atoms with E-state index in [-0.39, 0.29) is 11.3 Å². The second-order valence-electron chi connectivity index (χ2n) is 6.57. The molecule has 31 heavy (non-hydrogen) atoms. The first-order valence-electron chi connectivity index (χ1n) is 9.81. The lowest BCUT2D eigenvalue weighted by Crippen LogP contribution is -2.21. The standard InChI is InChI=1S/C25H23NO5/c1-2-30-23-16-18(13-14-22(23)27)15-21(19-9-5-3-6-10-19)25(29)31-17-24(28)26-20-11-7-4-8-12-20/h3-16,27H,2,17H2,1H3,(H,26,28)/b21-15+. The molecule has 0 bridgehead atoms. The monoisotopic (exact) mass is 417 g/mol. The summed E-state index contributed by atoms with van der Waals surface area (Å²) >= 11 is 0. The Morgan fingerprint density at radius 1 is 0.968 bits per heavy atom. The smallest absolute Gasteiger partial charge is 0.339 e. The van der Waals surface area contributed by atoms with Gasteiger partial charge in [-0.25, -0.2) is 4.79 Å². The molecule has 0 fully saturated rings. The number of amides is 1. The van der Waals surface area contributed by atoms with Crippen molar-refractivity contribution in [1.29, 1.82) is 0 Å². The molecular formula is C25H23NO5. The Morgan fingerprint density at radius 2 is 1.65 bits per heavy atom. The number of esters is 1. The van der Waals surface area contributed by atoms with Crippen LogP contribution in [0.2, 0.25) is 0 Å². The van der Waals surface area contributed by atoms with E-state index in [2.05, 4.69) is 5.32 Å². The number of phenols is 1. The number of hydrogen-bond acceptors (Lipinski definition) is 5. The SMILES string of the molecule is CCOc1cc(/C=C(/C(=O)OCC(=O)Nc2ccccc2)c2ccccc2)ccc1O.